The maximum Gasteiger partial charge on any atom is 0.407 e. The number of anilines is 1. The Morgan fingerprint density at radius 3 is 2.88 bits per heavy atom. The summed E-state index contributed by atoms with van der Waals surface area (Å²) < 4.78 is 9.92. The SMILES string of the molecule is CCOC(=O)NC(C)C(=O)NC1CCN(c2ccc(OC)cc2C#N)C1. The van der Waals surface area contributed by atoms with Gasteiger partial charge in [0.2, 0.25) is 5.91 Å². The van der Waals surface area contributed by atoms with Gasteiger partial charge in [-0.2, -0.15) is 5.26 Å². The zero-order chi connectivity index (χ0) is 19.1. The maximum atomic E-state index is 12.2. The van der Waals surface area contributed by atoms with Gasteiger partial charge in [-0.15, -0.1) is 0 Å². The molecule has 26 heavy (non-hydrogen) atoms. The zero-order valence-corrected chi connectivity index (χ0v) is 15.2. The maximum absolute atomic E-state index is 12.2. The third-order valence-corrected chi connectivity index (χ3v) is 4.20. The van der Waals surface area contributed by atoms with Crippen LogP contribution in [-0.2, 0) is 9.53 Å². The highest BCUT2D eigenvalue weighted by Crippen LogP contribution is 2.27. The molecule has 2 N–H and O–H groups in total. The average Bonchev–Trinajstić information content (AvgIpc) is 3.09. The first-order valence-corrected chi connectivity index (χ1v) is 8.55. The lowest BCUT2D eigenvalue weighted by Crippen LogP contribution is -2.48. The molecule has 0 radical (unpaired) electrons. The average molecular weight is 360 g/mol. The van der Waals surface area contributed by atoms with E-state index in [0.717, 1.165) is 18.7 Å². The molecule has 0 aliphatic carbocycles. The Morgan fingerprint density at radius 2 is 2.23 bits per heavy atom. The van der Waals surface area contributed by atoms with E-state index >= 15 is 0 Å². The van der Waals surface area contributed by atoms with E-state index in [1.807, 2.05) is 12.1 Å². The summed E-state index contributed by atoms with van der Waals surface area (Å²) in [6, 6.07) is 6.82. The zero-order valence-electron chi connectivity index (χ0n) is 15.2. The number of nitrogens with zero attached hydrogens (tertiary/aromatic N) is 2. The van der Waals surface area contributed by atoms with Crippen molar-refractivity contribution in [2.24, 2.45) is 0 Å². The monoisotopic (exact) mass is 360 g/mol. The van der Waals surface area contributed by atoms with E-state index in [4.69, 9.17) is 9.47 Å². The molecule has 0 aromatic heterocycles. The molecule has 2 rings (SSSR count). The number of hydrogen-bond donors (Lipinski definition) is 2. The Balaban J connectivity index is 1.93. The van der Waals surface area contributed by atoms with Crippen LogP contribution >= 0.6 is 0 Å². The fraction of sp³-hybridized carbons (Fsp3) is 0.500. The molecule has 1 aliphatic heterocycles. The van der Waals surface area contributed by atoms with Crippen molar-refractivity contribution in [3.05, 3.63) is 23.8 Å². The number of methoxy groups -OCH3 is 1. The van der Waals surface area contributed by atoms with Crippen molar-refractivity contribution < 1.29 is 19.1 Å². The topological polar surface area (TPSA) is 104 Å². The van der Waals surface area contributed by atoms with Crippen LogP contribution in [0.1, 0.15) is 25.8 Å². The van der Waals surface area contributed by atoms with Gasteiger partial charge < -0.3 is 25.0 Å². The predicted molar refractivity (Wildman–Crippen MR) is 96.1 cm³/mol. The summed E-state index contributed by atoms with van der Waals surface area (Å²) >= 11 is 0. The first-order valence-electron chi connectivity index (χ1n) is 8.55. The summed E-state index contributed by atoms with van der Waals surface area (Å²) in [6.07, 6.45) is 0.148. The van der Waals surface area contributed by atoms with Gasteiger partial charge in [-0.25, -0.2) is 4.79 Å². The number of hydrogen-bond acceptors (Lipinski definition) is 6. The highest BCUT2D eigenvalue weighted by atomic mass is 16.5. The third kappa shape index (κ3) is 4.79. The normalized spacial score (nSPS) is 17.2. The van der Waals surface area contributed by atoms with E-state index in [1.165, 1.54) is 0 Å². The van der Waals surface area contributed by atoms with E-state index in [9.17, 15) is 14.9 Å². The molecule has 2 amide bonds. The molecule has 2 unspecified atom stereocenters. The Morgan fingerprint density at radius 1 is 1.46 bits per heavy atom. The van der Waals surface area contributed by atoms with Crippen molar-refractivity contribution in [3.63, 3.8) is 0 Å². The van der Waals surface area contributed by atoms with Crippen molar-refractivity contribution in [1.29, 1.82) is 5.26 Å². The Kier molecular flexibility index (Phi) is 6.67. The number of alkyl carbamates (subject to hydrolysis) is 1. The molecule has 1 aliphatic rings. The van der Waals surface area contributed by atoms with Crippen LogP contribution < -0.4 is 20.3 Å². The van der Waals surface area contributed by atoms with Gasteiger partial charge in [-0.3, -0.25) is 4.79 Å². The van der Waals surface area contributed by atoms with Gasteiger partial charge in [0.25, 0.3) is 0 Å². The molecule has 8 nitrogen and oxygen atoms in total. The van der Waals surface area contributed by atoms with Crippen molar-refractivity contribution >= 4 is 17.7 Å². The highest BCUT2D eigenvalue weighted by Gasteiger charge is 2.27. The lowest BCUT2D eigenvalue weighted by Gasteiger charge is -2.21. The first kappa shape index (κ1) is 19.4. The van der Waals surface area contributed by atoms with Gasteiger partial charge in [-0.1, -0.05) is 0 Å². The quantitative estimate of drug-likeness (QED) is 0.795. The molecular formula is C18H24N4O4. The largest absolute Gasteiger partial charge is 0.497 e. The van der Waals surface area contributed by atoms with Crippen LogP contribution in [0.5, 0.6) is 5.75 Å². The molecule has 1 aromatic carbocycles. The molecule has 0 saturated carbocycles. The number of carbonyl (C=O) groups is 2. The van der Waals surface area contributed by atoms with Crippen LogP contribution in [0.4, 0.5) is 10.5 Å². The Hall–Kier alpha value is -2.95. The van der Waals surface area contributed by atoms with E-state index < -0.39 is 12.1 Å². The number of nitriles is 1. The number of benzene rings is 1. The van der Waals surface area contributed by atoms with E-state index in [2.05, 4.69) is 21.6 Å². The Bertz CT molecular complexity index is 701. The third-order valence-electron chi connectivity index (χ3n) is 4.20. The summed E-state index contributed by atoms with van der Waals surface area (Å²) in [6.45, 7) is 4.88. The van der Waals surface area contributed by atoms with Gasteiger partial charge in [0.05, 0.1) is 25.0 Å². The van der Waals surface area contributed by atoms with Crippen LogP contribution in [0.15, 0.2) is 18.2 Å². The van der Waals surface area contributed by atoms with Crippen LogP contribution in [0.2, 0.25) is 0 Å². The number of ether oxygens (including phenoxy) is 2. The summed E-state index contributed by atoms with van der Waals surface area (Å²) in [7, 11) is 1.56. The molecule has 2 atom stereocenters. The summed E-state index contributed by atoms with van der Waals surface area (Å²) in [5.74, 6) is 0.369. The van der Waals surface area contributed by atoms with Gasteiger partial charge in [0.1, 0.15) is 17.9 Å². The van der Waals surface area contributed by atoms with Crippen LogP contribution in [0, 0.1) is 11.3 Å². The number of carbonyl (C=O) groups excluding carboxylic acids is 2. The molecule has 0 spiro atoms. The molecule has 1 aromatic rings. The van der Waals surface area contributed by atoms with Gasteiger partial charge in [0.15, 0.2) is 0 Å². The molecule has 1 fully saturated rings. The van der Waals surface area contributed by atoms with E-state index in [1.54, 1.807) is 27.0 Å². The van der Waals surface area contributed by atoms with Crippen LogP contribution in [0.3, 0.4) is 0 Å². The minimum atomic E-state index is -0.682. The first-order chi connectivity index (χ1) is 12.5. The molecule has 140 valence electrons. The van der Waals surface area contributed by atoms with Crippen LogP contribution in [-0.4, -0.2) is 50.9 Å². The van der Waals surface area contributed by atoms with E-state index in [-0.39, 0.29) is 18.6 Å². The second-order valence-corrected chi connectivity index (χ2v) is 6.02. The fourth-order valence-electron chi connectivity index (χ4n) is 2.85. The lowest BCUT2D eigenvalue weighted by atomic mass is 10.1. The van der Waals surface area contributed by atoms with Gasteiger partial charge in [0, 0.05) is 19.1 Å². The Labute approximate surface area is 153 Å². The molecular weight excluding hydrogens is 336 g/mol. The summed E-state index contributed by atoms with van der Waals surface area (Å²) in [4.78, 5) is 25.7. The lowest BCUT2D eigenvalue weighted by molar-refractivity contribution is -0.123. The second kappa shape index (κ2) is 8.94. The second-order valence-electron chi connectivity index (χ2n) is 6.02. The smallest absolute Gasteiger partial charge is 0.407 e. The van der Waals surface area contributed by atoms with Gasteiger partial charge >= 0.3 is 6.09 Å². The minimum Gasteiger partial charge on any atom is -0.497 e. The fourth-order valence-corrected chi connectivity index (χ4v) is 2.85. The number of amides is 2. The van der Waals surface area contributed by atoms with E-state index in [0.29, 0.717) is 17.9 Å². The summed E-state index contributed by atoms with van der Waals surface area (Å²) in [5, 5.41) is 14.8. The molecule has 0 bridgehead atoms. The number of nitrogens with one attached hydrogen (secondary N) is 2. The van der Waals surface area contributed by atoms with Crippen LogP contribution in [0.25, 0.3) is 0 Å². The van der Waals surface area contributed by atoms with Gasteiger partial charge in [-0.05, 0) is 38.5 Å². The summed E-state index contributed by atoms with van der Waals surface area (Å²) in [5.41, 5.74) is 1.36. The molecule has 1 heterocycles. The van der Waals surface area contributed by atoms with Crippen molar-refractivity contribution in [1.82, 2.24) is 10.6 Å². The highest BCUT2D eigenvalue weighted by molar-refractivity contribution is 5.85. The molecule has 8 heteroatoms. The minimum absolute atomic E-state index is 0.0532. The number of rotatable bonds is 6. The predicted octanol–water partition coefficient (Wildman–Crippen LogP) is 1.40. The molecule has 1 saturated heterocycles. The van der Waals surface area contributed by atoms with Crippen molar-refractivity contribution in [3.8, 4) is 11.8 Å². The standard InChI is InChI=1S/C18H24N4O4/c1-4-26-18(24)20-12(2)17(23)21-14-7-8-22(11-14)16-6-5-15(25-3)9-13(16)10-19/h5-6,9,12,14H,4,7-8,11H2,1-3H3,(H,20,24)(H,21,23). The van der Waals surface area contributed by atoms with Crippen molar-refractivity contribution in [2.75, 3.05) is 31.7 Å². The van der Waals surface area contributed by atoms with Crippen molar-refractivity contribution in [2.45, 2.75) is 32.4 Å².